The maximum atomic E-state index is 12.2. The van der Waals surface area contributed by atoms with Crippen molar-refractivity contribution in [3.63, 3.8) is 0 Å². The highest BCUT2D eigenvalue weighted by Crippen LogP contribution is 2.23. The molecule has 2 rings (SSSR count). The summed E-state index contributed by atoms with van der Waals surface area (Å²) in [6.07, 6.45) is -0.398. The second-order valence-corrected chi connectivity index (χ2v) is 7.33. The van der Waals surface area contributed by atoms with Gasteiger partial charge < -0.3 is 14.4 Å². The lowest BCUT2D eigenvalue weighted by molar-refractivity contribution is 0.0209. The van der Waals surface area contributed by atoms with Crippen LogP contribution in [0.25, 0.3) is 0 Å². The number of carbonyl (C=O) groups excluding carboxylic acids is 2. The summed E-state index contributed by atoms with van der Waals surface area (Å²) >= 11 is 6.38. The number of hydrogen-bond acceptors (Lipinski definition) is 5. The third kappa shape index (κ3) is 5.26. The van der Waals surface area contributed by atoms with E-state index in [9.17, 15) is 9.59 Å². The zero-order valence-electron chi connectivity index (χ0n) is 15.1. The first-order valence-corrected chi connectivity index (χ1v) is 8.80. The maximum absolute atomic E-state index is 12.2. The smallest absolute Gasteiger partial charge is 0.411 e. The number of benzene rings is 1. The van der Waals surface area contributed by atoms with E-state index in [1.165, 1.54) is 4.90 Å². The van der Waals surface area contributed by atoms with Gasteiger partial charge in [-0.05, 0) is 52.0 Å². The molecule has 1 amide bonds. The quantitative estimate of drug-likeness (QED) is 0.464. The number of halogens is 1. The van der Waals surface area contributed by atoms with Crippen molar-refractivity contribution in [3.8, 4) is 0 Å². The minimum Gasteiger partial charge on any atom is -0.462 e. The summed E-state index contributed by atoms with van der Waals surface area (Å²) in [4.78, 5) is 27.5. The lowest BCUT2D eigenvalue weighted by Gasteiger charge is -2.40. The summed E-state index contributed by atoms with van der Waals surface area (Å²) in [5.41, 5.74) is 0.435. The van der Waals surface area contributed by atoms with Crippen molar-refractivity contribution in [1.29, 1.82) is 0 Å². The number of ether oxygens (including phenoxy) is 2. The molecule has 25 heavy (non-hydrogen) atoms. The van der Waals surface area contributed by atoms with Crippen molar-refractivity contribution in [2.24, 2.45) is 0 Å². The molecule has 0 bridgehead atoms. The first kappa shape index (κ1) is 19.4. The molecule has 0 radical (unpaired) electrons. The van der Waals surface area contributed by atoms with Crippen molar-refractivity contribution in [2.45, 2.75) is 38.8 Å². The van der Waals surface area contributed by atoms with Crippen LogP contribution in [0.4, 0.5) is 10.5 Å². The second-order valence-electron chi connectivity index (χ2n) is 6.82. The number of amides is 1. The molecule has 1 aromatic rings. The van der Waals surface area contributed by atoms with E-state index in [0.29, 0.717) is 31.8 Å². The van der Waals surface area contributed by atoms with E-state index in [4.69, 9.17) is 21.1 Å². The van der Waals surface area contributed by atoms with Gasteiger partial charge in [-0.15, -0.1) is 0 Å². The van der Waals surface area contributed by atoms with Crippen LogP contribution in [0.2, 0.25) is 0 Å². The average Bonchev–Trinajstić information content (AvgIpc) is 2.53. The molecule has 0 aliphatic carbocycles. The Kier molecular flexibility index (Phi) is 6.16. The van der Waals surface area contributed by atoms with Crippen LogP contribution in [0.1, 0.15) is 38.1 Å². The summed E-state index contributed by atoms with van der Waals surface area (Å²) in [6.45, 7) is 9.21. The fraction of sp³-hybridized carbons (Fsp3) is 0.556. The van der Waals surface area contributed by atoms with E-state index in [2.05, 4.69) is 4.90 Å². The molecule has 1 aliphatic heterocycles. The van der Waals surface area contributed by atoms with E-state index in [-0.39, 0.29) is 5.97 Å². The van der Waals surface area contributed by atoms with Gasteiger partial charge in [-0.2, -0.15) is 0 Å². The Balaban J connectivity index is 1.98. The van der Waals surface area contributed by atoms with E-state index in [1.54, 1.807) is 19.1 Å². The van der Waals surface area contributed by atoms with E-state index in [0.717, 1.165) is 5.69 Å². The normalized spacial score (nSPS) is 18.0. The van der Waals surface area contributed by atoms with Crippen LogP contribution < -0.4 is 4.90 Å². The van der Waals surface area contributed by atoms with Crippen molar-refractivity contribution in [3.05, 3.63) is 29.8 Å². The Morgan fingerprint density at radius 2 is 1.84 bits per heavy atom. The van der Waals surface area contributed by atoms with E-state index < -0.39 is 17.2 Å². The first-order valence-electron chi connectivity index (χ1n) is 8.37. The molecule has 1 heterocycles. The van der Waals surface area contributed by atoms with Gasteiger partial charge in [-0.1, -0.05) is 11.6 Å². The van der Waals surface area contributed by atoms with E-state index in [1.807, 2.05) is 32.9 Å². The number of piperazine rings is 1. The molecule has 138 valence electrons. The molecule has 1 atom stereocenters. The predicted molar refractivity (Wildman–Crippen MR) is 97.2 cm³/mol. The summed E-state index contributed by atoms with van der Waals surface area (Å²) in [5.74, 6) is -0.334. The van der Waals surface area contributed by atoms with Crippen LogP contribution in [0, 0.1) is 0 Å². The maximum Gasteiger partial charge on any atom is 0.411 e. The molecule has 1 saturated heterocycles. The highest BCUT2D eigenvalue weighted by molar-refractivity contribution is 6.21. The average molecular weight is 369 g/mol. The molecule has 0 spiro atoms. The van der Waals surface area contributed by atoms with Crippen molar-refractivity contribution >= 4 is 29.4 Å². The standard InChI is InChI=1S/C18H25ClN2O4/c1-5-24-16(22)13-6-8-14(9-7-13)20-10-11-21(15(19)12-20)17(23)25-18(2,3)4/h6-9,15H,5,10-12H2,1-4H3. The lowest BCUT2D eigenvalue weighted by atomic mass is 10.2. The number of alkyl halides is 1. The Morgan fingerprint density at radius 1 is 1.20 bits per heavy atom. The number of carbonyl (C=O) groups is 2. The monoisotopic (exact) mass is 368 g/mol. The van der Waals surface area contributed by atoms with Gasteiger partial charge in [0.1, 0.15) is 11.1 Å². The molecular formula is C18H25ClN2O4. The number of anilines is 1. The Bertz CT molecular complexity index is 612. The van der Waals surface area contributed by atoms with Crippen LogP contribution in [-0.4, -0.2) is 54.3 Å². The minimum atomic E-state index is -0.548. The summed E-state index contributed by atoms with van der Waals surface area (Å²) < 4.78 is 10.4. The SMILES string of the molecule is CCOC(=O)c1ccc(N2CCN(C(=O)OC(C)(C)C)C(Cl)C2)cc1. The molecule has 0 saturated carbocycles. The van der Waals surface area contributed by atoms with Crippen molar-refractivity contribution in [2.75, 3.05) is 31.1 Å². The molecular weight excluding hydrogens is 344 g/mol. The highest BCUT2D eigenvalue weighted by atomic mass is 35.5. The third-order valence-electron chi connectivity index (χ3n) is 3.69. The Labute approximate surface area is 153 Å². The molecule has 1 aromatic carbocycles. The number of rotatable bonds is 3. The van der Waals surface area contributed by atoms with Crippen molar-refractivity contribution < 1.29 is 19.1 Å². The summed E-state index contributed by atoms with van der Waals surface area (Å²) in [6, 6.07) is 7.19. The van der Waals surface area contributed by atoms with Gasteiger partial charge in [-0.25, -0.2) is 9.59 Å². The zero-order chi connectivity index (χ0) is 18.6. The number of esters is 1. The summed E-state index contributed by atoms with van der Waals surface area (Å²) in [7, 11) is 0. The fourth-order valence-electron chi connectivity index (χ4n) is 2.52. The Hall–Kier alpha value is -1.95. The van der Waals surface area contributed by atoms with Crippen LogP contribution in [0.3, 0.4) is 0 Å². The van der Waals surface area contributed by atoms with Gasteiger partial charge in [-0.3, -0.25) is 4.90 Å². The van der Waals surface area contributed by atoms with Gasteiger partial charge >= 0.3 is 12.1 Å². The molecule has 1 unspecified atom stereocenters. The molecule has 0 N–H and O–H groups in total. The second kappa shape index (κ2) is 7.95. The molecule has 7 heteroatoms. The van der Waals surface area contributed by atoms with Crippen LogP contribution >= 0.6 is 11.6 Å². The van der Waals surface area contributed by atoms with Crippen molar-refractivity contribution in [1.82, 2.24) is 4.90 Å². The minimum absolute atomic E-state index is 0.334. The van der Waals surface area contributed by atoms with Crippen LogP contribution in [-0.2, 0) is 9.47 Å². The van der Waals surface area contributed by atoms with Gasteiger partial charge in [0.2, 0.25) is 0 Å². The topological polar surface area (TPSA) is 59.1 Å². The molecule has 0 aromatic heterocycles. The van der Waals surface area contributed by atoms with Crippen LogP contribution in [0.15, 0.2) is 24.3 Å². The number of nitrogens with zero attached hydrogens (tertiary/aromatic N) is 2. The molecule has 1 fully saturated rings. The first-order chi connectivity index (χ1) is 11.7. The fourth-order valence-corrected chi connectivity index (χ4v) is 2.87. The Morgan fingerprint density at radius 3 is 2.36 bits per heavy atom. The largest absolute Gasteiger partial charge is 0.462 e. The van der Waals surface area contributed by atoms with Gasteiger partial charge in [0, 0.05) is 18.8 Å². The highest BCUT2D eigenvalue weighted by Gasteiger charge is 2.32. The summed E-state index contributed by atoms with van der Waals surface area (Å²) in [5, 5.41) is 0. The van der Waals surface area contributed by atoms with Gasteiger partial charge in [0.25, 0.3) is 0 Å². The number of hydrogen-bond donors (Lipinski definition) is 0. The zero-order valence-corrected chi connectivity index (χ0v) is 15.9. The molecule has 6 nitrogen and oxygen atoms in total. The van der Waals surface area contributed by atoms with E-state index >= 15 is 0 Å². The van der Waals surface area contributed by atoms with Crippen LogP contribution in [0.5, 0.6) is 0 Å². The lowest BCUT2D eigenvalue weighted by Crippen LogP contribution is -2.54. The van der Waals surface area contributed by atoms with Gasteiger partial charge in [0.05, 0.1) is 18.7 Å². The third-order valence-corrected chi connectivity index (χ3v) is 4.07. The predicted octanol–water partition coefficient (Wildman–Crippen LogP) is 3.49. The molecule has 1 aliphatic rings. The van der Waals surface area contributed by atoms with Gasteiger partial charge in [0.15, 0.2) is 0 Å².